The van der Waals surface area contributed by atoms with E-state index in [2.05, 4.69) is 62.0 Å². The molecule has 3 nitrogen and oxygen atoms in total. The lowest BCUT2D eigenvalue weighted by Crippen LogP contribution is -2.31. The second-order valence-electron chi connectivity index (χ2n) is 5.76. The maximum Gasteiger partial charge on any atom is 0.0544 e. The first-order chi connectivity index (χ1) is 9.02. The lowest BCUT2D eigenvalue weighted by Gasteiger charge is -2.25. The third-order valence-electron chi connectivity index (χ3n) is 3.21. The fourth-order valence-corrected chi connectivity index (χ4v) is 1.99. The SMILES string of the molecule is CCCN(Cc1ccc(CNC(C)C)cn1)C(C)C. The monoisotopic (exact) mass is 263 g/mol. The number of aromatic nitrogens is 1. The molecule has 0 fully saturated rings. The first-order valence-electron chi connectivity index (χ1n) is 7.44. The van der Waals surface area contributed by atoms with Crippen molar-refractivity contribution >= 4 is 0 Å². The Morgan fingerprint density at radius 1 is 1.21 bits per heavy atom. The molecule has 108 valence electrons. The van der Waals surface area contributed by atoms with Gasteiger partial charge in [0.1, 0.15) is 0 Å². The first-order valence-corrected chi connectivity index (χ1v) is 7.44. The molecular formula is C16H29N3. The number of nitrogens with one attached hydrogen (secondary N) is 1. The van der Waals surface area contributed by atoms with E-state index < -0.39 is 0 Å². The molecule has 0 aliphatic rings. The molecule has 3 heteroatoms. The van der Waals surface area contributed by atoms with Gasteiger partial charge in [-0.2, -0.15) is 0 Å². The summed E-state index contributed by atoms with van der Waals surface area (Å²) in [4.78, 5) is 7.05. The van der Waals surface area contributed by atoms with Gasteiger partial charge in [-0.1, -0.05) is 26.8 Å². The van der Waals surface area contributed by atoms with Gasteiger partial charge in [0.25, 0.3) is 0 Å². The quantitative estimate of drug-likeness (QED) is 0.780. The average Bonchev–Trinajstić information content (AvgIpc) is 2.37. The van der Waals surface area contributed by atoms with E-state index in [-0.39, 0.29) is 0 Å². The Kier molecular flexibility index (Phi) is 7.03. The van der Waals surface area contributed by atoms with Gasteiger partial charge < -0.3 is 5.32 Å². The second kappa shape index (κ2) is 8.28. The molecule has 1 aromatic heterocycles. The molecule has 1 aromatic rings. The molecule has 0 atom stereocenters. The Morgan fingerprint density at radius 3 is 2.42 bits per heavy atom. The molecule has 0 unspecified atom stereocenters. The number of pyridine rings is 1. The summed E-state index contributed by atoms with van der Waals surface area (Å²) in [5.74, 6) is 0. The van der Waals surface area contributed by atoms with Crippen molar-refractivity contribution < 1.29 is 0 Å². The van der Waals surface area contributed by atoms with Crippen molar-refractivity contribution in [3.05, 3.63) is 29.6 Å². The van der Waals surface area contributed by atoms with Crippen LogP contribution in [0.4, 0.5) is 0 Å². The molecule has 1 heterocycles. The summed E-state index contributed by atoms with van der Waals surface area (Å²) in [6.45, 7) is 14.0. The zero-order valence-electron chi connectivity index (χ0n) is 13.1. The molecule has 0 spiro atoms. The number of hydrogen-bond donors (Lipinski definition) is 1. The minimum absolute atomic E-state index is 0.515. The predicted molar refractivity (Wildman–Crippen MR) is 82.0 cm³/mol. The van der Waals surface area contributed by atoms with Crippen molar-refractivity contribution in [2.24, 2.45) is 0 Å². The van der Waals surface area contributed by atoms with Gasteiger partial charge in [-0.05, 0) is 38.4 Å². The Balaban J connectivity index is 2.55. The summed E-state index contributed by atoms with van der Waals surface area (Å²) >= 11 is 0. The highest BCUT2D eigenvalue weighted by molar-refractivity contribution is 5.14. The summed E-state index contributed by atoms with van der Waals surface area (Å²) in [5.41, 5.74) is 2.42. The fourth-order valence-electron chi connectivity index (χ4n) is 1.99. The van der Waals surface area contributed by atoms with Crippen LogP contribution in [0.1, 0.15) is 52.3 Å². The van der Waals surface area contributed by atoms with Crippen LogP contribution >= 0.6 is 0 Å². The third-order valence-corrected chi connectivity index (χ3v) is 3.21. The lowest BCUT2D eigenvalue weighted by molar-refractivity contribution is 0.211. The van der Waals surface area contributed by atoms with Gasteiger partial charge in [-0.15, -0.1) is 0 Å². The van der Waals surface area contributed by atoms with E-state index in [1.165, 1.54) is 12.0 Å². The highest BCUT2D eigenvalue weighted by atomic mass is 15.1. The third kappa shape index (κ3) is 6.17. The van der Waals surface area contributed by atoms with Crippen LogP contribution in [0.5, 0.6) is 0 Å². The molecule has 0 radical (unpaired) electrons. The van der Waals surface area contributed by atoms with Crippen molar-refractivity contribution in [2.45, 2.75) is 66.2 Å². The van der Waals surface area contributed by atoms with E-state index in [1.807, 2.05) is 6.20 Å². The van der Waals surface area contributed by atoms with Crippen LogP contribution in [-0.2, 0) is 13.1 Å². The van der Waals surface area contributed by atoms with Crippen molar-refractivity contribution in [3.8, 4) is 0 Å². The fraction of sp³-hybridized carbons (Fsp3) is 0.688. The van der Waals surface area contributed by atoms with Gasteiger partial charge in [0.15, 0.2) is 0 Å². The van der Waals surface area contributed by atoms with Gasteiger partial charge in [-0.3, -0.25) is 9.88 Å². The summed E-state index contributed by atoms with van der Waals surface area (Å²) in [6, 6.07) is 5.43. The highest BCUT2D eigenvalue weighted by Gasteiger charge is 2.09. The molecule has 0 saturated heterocycles. The second-order valence-corrected chi connectivity index (χ2v) is 5.76. The summed E-state index contributed by atoms with van der Waals surface area (Å²) in [6.07, 6.45) is 3.18. The van der Waals surface area contributed by atoms with Crippen molar-refractivity contribution in [3.63, 3.8) is 0 Å². The molecule has 0 aromatic carbocycles. The van der Waals surface area contributed by atoms with Crippen molar-refractivity contribution in [1.29, 1.82) is 0 Å². The van der Waals surface area contributed by atoms with Gasteiger partial charge >= 0.3 is 0 Å². The van der Waals surface area contributed by atoms with Crippen molar-refractivity contribution in [1.82, 2.24) is 15.2 Å². The Hall–Kier alpha value is -0.930. The smallest absolute Gasteiger partial charge is 0.0544 e. The number of rotatable bonds is 8. The number of hydrogen-bond acceptors (Lipinski definition) is 3. The van der Waals surface area contributed by atoms with Crippen molar-refractivity contribution in [2.75, 3.05) is 6.54 Å². The maximum absolute atomic E-state index is 4.58. The van der Waals surface area contributed by atoms with Crippen LogP contribution in [0.15, 0.2) is 18.3 Å². The lowest BCUT2D eigenvalue weighted by atomic mass is 10.2. The summed E-state index contributed by atoms with van der Waals surface area (Å²) in [7, 11) is 0. The first kappa shape index (κ1) is 16.1. The van der Waals surface area contributed by atoms with Crippen LogP contribution in [0, 0.1) is 0 Å². The number of nitrogens with zero attached hydrogens (tertiary/aromatic N) is 2. The van der Waals surface area contributed by atoms with Gasteiger partial charge in [-0.25, -0.2) is 0 Å². The normalized spacial score (nSPS) is 11.8. The summed E-state index contributed by atoms with van der Waals surface area (Å²) < 4.78 is 0. The predicted octanol–water partition coefficient (Wildman–Crippen LogP) is 3.20. The van der Waals surface area contributed by atoms with Crippen LogP contribution in [-0.4, -0.2) is 28.5 Å². The molecule has 1 rings (SSSR count). The van der Waals surface area contributed by atoms with Gasteiger partial charge in [0.05, 0.1) is 5.69 Å². The van der Waals surface area contributed by atoms with Crippen LogP contribution in [0.2, 0.25) is 0 Å². The van der Waals surface area contributed by atoms with E-state index >= 15 is 0 Å². The van der Waals surface area contributed by atoms with Gasteiger partial charge in [0.2, 0.25) is 0 Å². The van der Waals surface area contributed by atoms with E-state index in [4.69, 9.17) is 0 Å². The van der Waals surface area contributed by atoms with Crippen LogP contribution in [0.3, 0.4) is 0 Å². The average molecular weight is 263 g/mol. The minimum Gasteiger partial charge on any atom is -0.310 e. The molecular weight excluding hydrogens is 234 g/mol. The zero-order valence-corrected chi connectivity index (χ0v) is 13.1. The molecule has 0 saturated carbocycles. The maximum atomic E-state index is 4.58. The van der Waals surface area contributed by atoms with E-state index in [0.717, 1.165) is 25.3 Å². The largest absolute Gasteiger partial charge is 0.310 e. The van der Waals surface area contributed by atoms with Crippen LogP contribution < -0.4 is 5.32 Å². The Labute approximate surface area is 118 Å². The summed E-state index contributed by atoms with van der Waals surface area (Å²) in [5, 5.41) is 3.41. The van der Waals surface area contributed by atoms with Gasteiger partial charge in [0, 0.05) is 31.4 Å². The molecule has 0 aliphatic carbocycles. The Bertz CT molecular complexity index is 344. The van der Waals surface area contributed by atoms with E-state index in [9.17, 15) is 0 Å². The zero-order chi connectivity index (χ0) is 14.3. The Morgan fingerprint density at radius 2 is 1.95 bits per heavy atom. The molecule has 19 heavy (non-hydrogen) atoms. The topological polar surface area (TPSA) is 28.2 Å². The highest BCUT2D eigenvalue weighted by Crippen LogP contribution is 2.08. The molecule has 0 aliphatic heterocycles. The standard InChI is InChI=1S/C16H29N3/c1-6-9-19(14(4)5)12-16-8-7-15(11-18-16)10-17-13(2)3/h7-8,11,13-14,17H,6,9-10,12H2,1-5H3. The van der Waals surface area contributed by atoms with E-state index in [1.54, 1.807) is 0 Å². The van der Waals surface area contributed by atoms with E-state index in [0.29, 0.717) is 12.1 Å². The molecule has 1 N–H and O–H groups in total. The minimum atomic E-state index is 0.515. The van der Waals surface area contributed by atoms with Crippen LogP contribution in [0.25, 0.3) is 0 Å². The molecule has 0 amide bonds. The molecule has 0 bridgehead atoms.